The van der Waals surface area contributed by atoms with Gasteiger partial charge in [0, 0.05) is 32.7 Å². The summed E-state index contributed by atoms with van der Waals surface area (Å²) in [4.78, 5) is 16.4. The van der Waals surface area contributed by atoms with Crippen molar-refractivity contribution < 1.29 is 18.7 Å². The lowest BCUT2D eigenvalue weighted by Crippen LogP contribution is -2.49. The summed E-state index contributed by atoms with van der Waals surface area (Å²) in [6, 6.07) is 12.7. The van der Waals surface area contributed by atoms with Gasteiger partial charge < -0.3 is 14.4 Å². The van der Waals surface area contributed by atoms with Crippen LogP contribution in [-0.2, 0) is 11.3 Å². The summed E-state index contributed by atoms with van der Waals surface area (Å²) in [5.41, 5.74) is 2.05. The van der Waals surface area contributed by atoms with Gasteiger partial charge in [0.15, 0.2) is 18.2 Å². The molecule has 1 fully saturated rings. The van der Waals surface area contributed by atoms with Gasteiger partial charge in [0.1, 0.15) is 5.75 Å². The van der Waals surface area contributed by atoms with Crippen LogP contribution in [0.5, 0.6) is 11.5 Å². The molecular formula is C21H25FN2O3. The third kappa shape index (κ3) is 5.20. The Bertz CT molecular complexity index is 771. The summed E-state index contributed by atoms with van der Waals surface area (Å²) in [7, 11) is 1.46. The number of hydrogen-bond acceptors (Lipinski definition) is 4. The Balaban J connectivity index is 1.44. The Hall–Kier alpha value is -2.60. The molecule has 0 N–H and O–H groups in total. The molecule has 6 heteroatoms. The molecule has 0 aliphatic carbocycles. The van der Waals surface area contributed by atoms with Gasteiger partial charge in [-0.3, -0.25) is 9.69 Å². The highest BCUT2D eigenvalue weighted by atomic mass is 19.1. The predicted octanol–water partition coefficient (Wildman–Crippen LogP) is 2.87. The molecule has 0 bridgehead atoms. The van der Waals surface area contributed by atoms with E-state index in [1.54, 1.807) is 6.07 Å². The molecule has 1 aliphatic rings. The lowest BCUT2D eigenvalue weighted by Gasteiger charge is -2.34. The van der Waals surface area contributed by atoms with Gasteiger partial charge in [0.05, 0.1) is 7.11 Å². The maximum atomic E-state index is 13.8. The average molecular weight is 372 g/mol. The van der Waals surface area contributed by atoms with E-state index in [0.717, 1.165) is 24.2 Å². The predicted molar refractivity (Wildman–Crippen MR) is 101 cm³/mol. The molecule has 2 aromatic rings. The molecule has 0 saturated carbocycles. The quantitative estimate of drug-likeness (QED) is 0.782. The van der Waals surface area contributed by atoms with E-state index in [0.29, 0.717) is 25.4 Å². The minimum atomic E-state index is -0.350. The third-order valence-electron chi connectivity index (χ3n) is 4.73. The normalized spacial score (nSPS) is 14.9. The van der Waals surface area contributed by atoms with Gasteiger partial charge in [-0.15, -0.1) is 0 Å². The number of amides is 1. The smallest absolute Gasteiger partial charge is 0.260 e. The topological polar surface area (TPSA) is 42.0 Å². The van der Waals surface area contributed by atoms with Crippen LogP contribution in [-0.4, -0.2) is 55.6 Å². The molecule has 1 saturated heterocycles. The van der Waals surface area contributed by atoms with E-state index in [4.69, 9.17) is 9.47 Å². The van der Waals surface area contributed by atoms with Crippen molar-refractivity contribution in [3.8, 4) is 11.5 Å². The minimum Gasteiger partial charge on any atom is -0.494 e. The van der Waals surface area contributed by atoms with Gasteiger partial charge in [-0.1, -0.05) is 23.8 Å². The summed E-state index contributed by atoms with van der Waals surface area (Å²) in [6.07, 6.45) is 0. The van der Waals surface area contributed by atoms with Crippen molar-refractivity contribution in [3.05, 3.63) is 59.4 Å². The number of aryl methyl sites for hydroxylation is 1. The Labute approximate surface area is 159 Å². The van der Waals surface area contributed by atoms with E-state index >= 15 is 0 Å². The van der Waals surface area contributed by atoms with Crippen molar-refractivity contribution in [2.75, 3.05) is 39.9 Å². The number of rotatable bonds is 6. The number of nitrogens with zero attached hydrogens (tertiary/aromatic N) is 2. The number of carbonyl (C=O) groups is 1. The second-order valence-electron chi connectivity index (χ2n) is 6.73. The molecule has 144 valence electrons. The minimum absolute atomic E-state index is 0.00860. The lowest BCUT2D eigenvalue weighted by atomic mass is 10.2. The molecule has 3 rings (SSSR count). The highest BCUT2D eigenvalue weighted by Crippen LogP contribution is 2.19. The van der Waals surface area contributed by atoms with Crippen LogP contribution < -0.4 is 9.47 Å². The van der Waals surface area contributed by atoms with Crippen LogP contribution in [0.2, 0.25) is 0 Å². The molecule has 0 unspecified atom stereocenters. The van der Waals surface area contributed by atoms with Crippen LogP contribution in [0.1, 0.15) is 11.1 Å². The number of benzene rings is 2. The van der Waals surface area contributed by atoms with Crippen molar-refractivity contribution in [2.45, 2.75) is 13.5 Å². The Morgan fingerprint density at radius 3 is 2.41 bits per heavy atom. The van der Waals surface area contributed by atoms with E-state index in [1.165, 1.54) is 13.2 Å². The van der Waals surface area contributed by atoms with E-state index in [1.807, 2.05) is 42.2 Å². The average Bonchev–Trinajstić information content (AvgIpc) is 2.68. The number of hydrogen-bond donors (Lipinski definition) is 0. The number of carbonyl (C=O) groups excluding carboxylic acids is 1. The molecule has 0 atom stereocenters. The number of piperazine rings is 1. The Morgan fingerprint density at radius 1 is 1.07 bits per heavy atom. The summed E-state index contributed by atoms with van der Waals surface area (Å²) in [5.74, 6) is 0.597. The molecular weight excluding hydrogens is 347 g/mol. The van der Waals surface area contributed by atoms with Crippen LogP contribution in [0.25, 0.3) is 0 Å². The molecule has 0 spiro atoms. The monoisotopic (exact) mass is 372 g/mol. The fourth-order valence-corrected chi connectivity index (χ4v) is 3.09. The van der Waals surface area contributed by atoms with Gasteiger partial charge in [0.2, 0.25) is 0 Å². The second kappa shape index (κ2) is 8.86. The first kappa shape index (κ1) is 19.2. The lowest BCUT2D eigenvalue weighted by molar-refractivity contribution is -0.135. The van der Waals surface area contributed by atoms with Crippen LogP contribution in [0.3, 0.4) is 0 Å². The standard InChI is InChI=1S/C21H25FN2O3/c1-16-3-6-18(7-4-16)27-15-21(25)24-11-9-23(10-12-24)14-17-5-8-20(26-2)19(22)13-17/h3-8,13H,9-12,14-15H2,1-2H3. The summed E-state index contributed by atoms with van der Waals surface area (Å²) in [5, 5.41) is 0. The highest BCUT2D eigenvalue weighted by Gasteiger charge is 2.21. The van der Waals surface area contributed by atoms with Crippen molar-refractivity contribution in [2.24, 2.45) is 0 Å². The first-order valence-electron chi connectivity index (χ1n) is 9.07. The fraction of sp³-hybridized carbons (Fsp3) is 0.381. The third-order valence-corrected chi connectivity index (χ3v) is 4.73. The van der Waals surface area contributed by atoms with Gasteiger partial charge in [0.25, 0.3) is 5.91 Å². The maximum Gasteiger partial charge on any atom is 0.260 e. The van der Waals surface area contributed by atoms with Crippen molar-refractivity contribution in [1.29, 1.82) is 0 Å². The molecule has 1 aliphatic heterocycles. The molecule has 1 amide bonds. The summed E-state index contributed by atoms with van der Waals surface area (Å²) in [6.45, 7) is 5.52. The zero-order chi connectivity index (χ0) is 19.2. The van der Waals surface area contributed by atoms with E-state index < -0.39 is 0 Å². The van der Waals surface area contributed by atoms with Crippen LogP contribution in [0.15, 0.2) is 42.5 Å². The number of halogens is 1. The second-order valence-corrected chi connectivity index (χ2v) is 6.73. The van der Waals surface area contributed by atoms with Crippen LogP contribution in [0.4, 0.5) is 4.39 Å². The van der Waals surface area contributed by atoms with E-state index in [-0.39, 0.29) is 24.1 Å². The molecule has 0 aromatic heterocycles. The molecule has 5 nitrogen and oxygen atoms in total. The first-order chi connectivity index (χ1) is 13.0. The number of methoxy groups -OCH3 is 1. The van der Waals surface area contributed by atoms with Crippen molar-refractivity contribution in [1.82, 2.24) is 9.80 Å². The van der Waals surface area contributed by atoms with Crippen molar-refractivity contribution in [3.63, 3.8) is 0 Å². The van der Waals surface area contributed by atoms with Gasteiger partial charge in [-0.2, -0.15) is 0 Å². The fourth-order valence-electron chi connectivity index (χ4n) is 3.09. The summed E-state index contributed by atoms with van der Waals surface area (Å²) < 4.78 is 24.3. The largest absolute Gasteiger partial charge is 0.494 e. The zero-order valence-electron chi connectivity index (χ0n) is 15.8. The van der Waals surface area contributed by atoms with E-state index in [2.05, 4.69) is 4.90 Å². The SMILES string of the molecule is COc1ccc(CN2CCN(C(=O)COc3ccc(C)cc3)CC2)cc1F. The zero-order valence-corrected chi connectivity index (χ0v) is 15.8. The van der Waals surface area contributed by atoms with Gasteiger partial charge >= 0.3 is 0 Å². The van der Waals surface area contributed by atoms with Gasteiger partial charge in [-0.05, 0) is 36.8 Å². The van der Waals surface area contributed by atoms with E-state index in [9.17, 15) is 9.18 Å². The first-order valence-corrected chi connectivity index (χ1v) is 9.07. The van der Waals surface area contributed by atoms with Crippen molar-refractivity contribution >= 4 is 5.91 Å². The van der Waals surface area contributed by atoms with Gasteiger partial charge in [-0.25, -0.2) is 4.39 Å². The Kier molecular flexibility index (Phi) is 6.29. The number of ether oxygens (including phenoxy) is 2. The summed E-state index contributed by atoms with van der Waals surface area (Å²) >= 11 is 0. The molecule has 2 aromatic carbocycles. The molecule has 1 heterocycles. The molecule has 0 radical (unpaired) electrons. The van der Waals surface area contributed by atoms with Crippen LogP contribution >= 0.6 is 0 Å². The highest BCUT2D eigenvalue weighted by molar-refractivity contribution is 5.77. The maximum absolute atomic E-state index is 13.8. The van der Waals surface area contributed by atoms with Crippen LogP contribution in [0, 0.1) is 12.7 Å². The molecule has 27 heavy (non-hydrogen) atoms. The Morgan fingerprint density at radius 2 is 1.78 bits per heavy atom.